The Bertz CT molecular complexity index is 1460. The summed E-state index contributed by atoms with van der Waals surface area (Å²) < 4.78 is 2.14. The van der Waals surface area contributed by atoms with Crippen LogP contribution < -0.4 is 15.1 Å². The van der Waals surface area contributed by atoms with Gasteiger partial charge in [0.1, 0.15) is 11.9 Å². The molecule has 1 fully saturated rings. The van der Waals surface area contributed by atoms with E-state index >= 15 is 0 Å². The second-order valence-electron chi connectivity index (χ2n) is 9.37. The van der Waals surface area contributed by atoms with Gasteiger partial charge in [0, 0.05) is 61.8 Å². The average Bonchev–Trinajstić information content (AvgIpc) is 3.45. The van der Waals surface area contributed by atoms with Gasteiger partial charge in [-0.15, -0.1) is 0 Å². The third-order valence-corrected chi connectivity index (χ3v) is 7.23. The van der Waals surface area contributed by atoms with Gasteiger partial charge in [0.2, 0.25) is 0 Å². The number of nitrogens with zero attached hydrogens (tertiary/aromatic N) is 7. The van der Waals surface area contributed by atoms with E-state index in [4.69, 9.17) is 10.1 Å². The van der Waals surface area contributed by atoms with E-state index in [1.807, 2.05) is 24.4 Å². The summed E-state index contributed by atoms with van der Waals surface area (Å²) in [6, 6.07) is 12.4. The van der Waals surface area contributed by atoms with Crippen LogP contribution in [0.25, 0.3) is 10.9 Å². The molecular weight excluding hydrogens is 436 g/mol. The predicted octanol–water partition coefficient (Wildman–Crippen LogP) is 3.29. The zero-order valence-electron chi connectivity index (χ0n) is 20.1. The SMILES string of the molecule is Cc1cc(N2CCNCC2)ncc1Cn1nc(C)c2c1CN(c1ccc(C#N)c3ncccc13)C2. The fraction of sp³-hybridized carbons (Fsp3) is 0.333. The van der Waals surface area contributed by atoms with Gasteiger partial charge in [-0.2, -0.15) is 10.4 Å². The Labute approximate surface area is 204 Å². The highest BCUT2D eigenvalue weighted by atomic mass is 15.3. The van der Waals surface area contributed by atoms with Gasteiger partial charge in [-0.1, -0.05) is 0 Å². The number of hydrogen-bond donors (Lipinski definition) is 1. The van der Waals surface area contributed by atoms with E-state index in [9.17, 15) is 5.26 Å². The van der Waals surface area contributed by atoms with Gasteiger partial charge < -0.3 is 15.1 Å². The molecule has 1 N–H and O–H groups in total. The largest absolute Gasteiger partial charge is 0.361 e. The normalized spacial score (nSPS) is 15.5. The summed E-state index contributed by atoms with van der Waals surface area (Å²) in [7, 11) is 0. The molecule has 1 saturated heterocycles. The fourth-order valence-corrected chi connectivity index (χ4v) is 5.26. The van der Waals surface area contributed by atoms with Crippen molar-refractivity contribution in [2.45, 2.75) is 33.5 Å². The smallest absolute Gasteiger partial charge is 0.128 e. The number of nitrogens with one attached hydrogen (secondary N) is 1. The molecule has 2 aliphatic heterocycles. The number of aromatic nitrogens is 4. The van der Waals surface area contributed by atoms with Crippen molar-refractivity contribution in [1.82, 2.24) is 25.1 Å². The Morgan fingerprint density at radius 3 is 2.71 bits per heavy atom. The molecule has 2 aliphatic rings. The molecule has 5 heterocycles. The lowest BCUT2D eigenvalue weighted by Crippen LogP contribution is -2.43. The number of anilines is 2. The van der Waals surface area contributed by atoms with E-state index in [0.717, 1.165) is 67.4 Å². The van der Waals surface area contributed by atoms with Crippen molar-refractivity contribution in [1.29, 1.82) is 5.26 Å². The Morgan fingerprint density at radius 2 is 1.91 bits per heavy atom. The monoisotopic (exact) mass is 464 g/mol. The van der Waals surface area contributed by atoms with Crippen LogP contribution in [0.2, 0.25) is 0 Å². The van der Waals surface area contributed by atoms with Crippen LogP contribution in [0.15, 0.2) is 42.7 Å². The minimum absolute atomic E-state index is 0.607. The molecule has 35 heavy (non-hydrogen) atoms. The molecule has 0 saturated carbocycles. The molecule has 8 nitrogen and oxygen atoms in total. The maximum atomic E-state index is 9.50. The molecule has 4 aromatic rings. The van der Waals surface area contributed by atoms with Crippen LogP contribution in [-0.2, 0) is 19.6 Å². The summed E-state index contributed by atoms with van der Waals surface area (Å²) >= 11 is 0. The number of nitriles is 1. The van der Waals surface area contributed by atoms with Crippen LogP contribution in [0.4, 0.5) is 11.5 Å². The highest BCUT2D eigenvalue weighted by Gasteiger charge is 2.28. The third kappa shape index (κ3) is 3.78. The Morgan fingerprint density at radius 1 is 1.06 bits per heavy atom. The van der Waals surface area contributed by atoms with Crippen molar-refractivity contribution < 1.29 is 0 Å². The van der Waals surface area contributed by atoms with E-state index in [2.05, 4.69) is 56.8 Å². The van der Waals surface area contributed by atoms with E-state index in [1.54, 1.807) is 6.20 Å². The van der Waals surface area contributed by atoms with Gasteiger partial charge in [0.25, 0.3) is 0 Å². The van der Waals surface area contributed by atoms with Crippen molar-refractivity contribution in [3.8, 4) is 6.07 Å². The molecule has 0 aliphatic carbocycles. The van der Waals surface area contributed by atoms with Gasteiger partial charge in [-0.3, -0.25) is 9.67 Å². The lowest BCUT2D eigenvalue weighted by Gasteiger charge is -2.28. The fourth-order valence-electron chi connectivity index (χ4n) is 5.26. The molecule has 0 amide bonds. The summed E-state index contributed by atoms with van der Waals surface area (Å²) in [5, 5.41) is 18.8. The van der Waals surface area contributed by atoms with E-state index < -0.39 is 0 Å². The second kappa shape index (κ2) is 8.67. The number of aryl methyl sites for hydroxylation is 2. The topological polar surface area (TPSA) is 85.9 Å². The summed E-state index contributed by atoms with van der Waals surface area (Å²) in [5.74, 6) is 1.06. The zero-order valence-corrected chi connectivity index (χ0v) is 20.1. The number of benzene rings is 1. The highest BCUT2D eigenvalue weighted by molar-refractivity contribution is 5.95. The predicted molar refractivity (Wildman–Crippen MR) is 136 cm³/mol. The first-order valence-corrected chi connectivity index (χ1v) is 12.1. The van der Waals surface area contributed by atoms with Crippen molar-refractivity contribution in [3.05, 3.63) is 76.4 Å². The maximum absolute atomic E-state index is 9.50. The van der Waals surface area contributed by atoms with E-state index in [-0.39, 0.29) is 0 Å². The van der Waals surface area contributed by atoms with Crippen molar-refractivity contribution in [2.75, 3.05) is 36.0 Å². The van der Waals surface area contributed by atoms with Crippen LogP contribution >= 0.6 is 0 Å². The number of rotatable bonds is 4. The first-order valence-electron chi connectivity index (χ1n) is 12.1. The average molecular weight is 465 g/mol. The summed E-state index contributed by atoms with van der Waals surface area (Å²) in [6.07, 6.45) is 3.76. The number of hydrogen-bond acceptors (Lipinski definition) is 7. The van der Waals surface area contributed by atoms with E-state index in [1.165, 1.54) is 22.4 Å². The van der Waals surface area contributed by atoms with Crippen molar-refractivity contribution >= 4 is 22.4 Å². The lowest BCUT2D eigenvalue weighted by molar-refractivity contribution is 0.584. The first-order chi connectivity index (χ1) is 17.1. The molecular formula is C27H28N8. The molecule has 0 spiro atoms. The summed E-state index contributed by atoms with van der Waals surface area (Å²) in [6.45, 7) is 10.5. The third-order valence-electron chi connectivity index (χ3n) is 7.23. The number of piperazine rings is 1. The van der Waals surface area contributed by atoms with Gasteiger partial charge in [-0.05, 0) is 55.3 Å². The quantitative estimate of drug-likeness (QED) is 0.496. The molecule has 0 radical (unpaired) electrons. The zero-order chi connectivity index (χ0) is 23.9. The van der Waals surface area contributed by atoms with Gasteiger partial charge in [0.05, 0.1) is 35.6 Å². The Balaban J connectivity index is 1.28. The first kappa shape index (κ1) is 21.6. The summed E-state index contributed by atoms with van der Waals surface area (Å²) in [5.41, 5.74) is 8.51. The number of fused-ring (bicyclic) bond motifs is 2. The van der Waals surface area contributed by atoms with Crippen LogP contribution in [0.5, 0.6) is 0 Å². The minimum atomic E-state index is 0.607. The molecule has 0 bridgehead atoms. The second-order valence-corrected chi connectivity index (χ2v) is 9.37. The van der Waals surface area contributed by atoms with Crippen LogP contribution in [0, 0.1) is 25.2 Å². The standard InChI is InChI=1S/C27H28N8/c1-18-12-26(33-10-8-29-9-11-33)31-14-21(18)15-35-25-17-34(16-23(25)19(2)32-35)24-6-5-20(13-28)27-22(24)4-3-7-30-27/h3-7,12,14,29H,8-11,15-17H2,1-2H3. The van der Waals surface area contributed by atoms with Crippen LogP contribution in [0.3, 0.4) is 0 Å². The molecule has 0 unspecified atom stereocenters. The molecule has 8 heteroatoms. The van der Waals surface area contributed by atoms with Crippen molar-refractivity contribution in [2.24, 2.45) is 0 Å². The summed E-state index contributed by atoms with van der Waals surface area (Å²) in [4.78, 5) is 14.0. The van der Waals surface area contributed by atoms with Gasteiger partial charge in [-0.25, -0.2) is 4.98 Å². The molecule has 0 atom stereocenters. The van der Waals surface area contributed by atoms with Gasteiger partial charge in [0.15, 0.2) is 0 Å². The lowest BCUT2D eigenvalue weighted by atomic mass is 10.1. The molecule has 1 aromatic carbocycles. The van der Waals surface area contributed by atoms with E-state index in [0.29, 0.717) is 12.1 Å². The minimum Gasteiger partial charge on any atom is -0.361 e. The van der Waals surface area contributed by atoms with Crippen molar-refractivity contribution in [3.63, 3.8) is 0 Å². The molecule has 3 aromatic heterocycles. The van der Waals surface area contributed by atoms with Gasteiger partial charge >= 0.3 is 0 Å². The molecule has 176 valence electrons. The highest BCUT2D eigenvalue weighted by Crippen LogP contribution is 2.35. The van der Waals surface area contributed by atoms with Crippen LogP contribution in [-0.4, -0.2) is 45.9 Å². The molecule has 6 rings (SSSR count). The Kier molecular flexibility index (Phi) is 5.34. The Hall–Kier alpha value is -3.96. The maximum Gasteiger partial charge on any atom is 0.128 e. The van der Waals surface area contributed by atoms with Crippen LogP contribution in [0.1, 0.15) is 33.6 Å². The number of pyridine rings is 2.